The number of nitrogens with zero attached hydrogens (tertiary/aromatic N) is 2. The van der Waals surface area contributed by atoms with Crippen molar-refractivity contribution in [2.75, 3.05) is 36.0 Å². The van der Waals surface area contributed by atoms with Gasteiger partial charge in [-0.15, -0.1) is 0 Å². The molecule has 0 bridgehead atoms. The van der Waals surface area contributed by atoms with Crippen molar-refractivity contribution in [2.45, 2.75) is 5.41 Å². The van der Waals surface area contributed by atoms with Crippen LogP contribution in [0.2, 0.25) is 0 Å². The summed E-state index contributed by atoms with van der Waals surface area (Å²) in [4.78, 5) is 48.5. The molecule has 0 amide bonds. The quantitative estimate of drug-likeness (QED) is 0.129. The van der Waals surface area contributed by atoms with E-state index in [2.05, 4.69) is 31.9 Å². The predicted molar refractivity (Wildman–Crippen MR) is 174 cm³/mol. The Morgan fingerprint density at radius 3 is 1.11 bits per heavy atom. The lowest BCUT2D eigenvalue weighted by Gasteiger charge is -2.35. The number of carbonyl (C=O) groups is 4. The summed E-state index contributed by atoms with van der Waals surface area (Å²) in [6, 6.07) is 26.2. The van der Waals surface area contributed by atoms with Gasteiger partial charge in [-0.25, -0.2) is 0 Å². The second kappa shape index (κ2) is 12.7. The highest BCUT2D eigenvalue weighted by atomic mass is 79.9. The zero-order chi connectivity index (χ0) is 32.5. The number of carboxylic acids is 4. The van der Waals surface area contributed by atoms with E-state index in [-0.39, 0.29) is 0 Å². The van der Waals surface area contributed by atoms with Crippen molar-refractivity contribution in [1.82, 2.24) is 0 Å². The molecule has 0 saturated heterocycles. The lowest BCUT2D eigenvalue weighted by Crippen LogP contribution is -2.35. The normalized spacial score (nSPS) is 12.6. The third kappa shape index (κ3) is 6.29. The number of benzene rings is 4. The minimum absolute atomic E-state index is 0.425. The molecule has 0 radical (unpaired) electrons. The highest BCUT2D eigenvalue weighted by Crippen LogP contribution is 2.57. The molecule has 1 aliphatic rings. The van der Waals surface area contributed by atoms with Crippen LogP contribution in [-0.2, 0) is 24.6 Å². The monoisotopic (exact) mass is 736 g/mol. The highest BCUT2D eigenvalue weighted by molar-refractivity contribution is 9.10. The highest BCUT2D eigenvalue weighted by Gasteiger charge is 2.46. The molecule has 4 aromatic rings. The number of rotatable bonds is 12. The number of hydrogen-bond donors (Lipinski definition) is 4. The third-order valence-corrected chi connectivity index (χ3v) is 8.68. The average Bonchev–Trinajstić information content (AvgIpc) is 3.25. The number of aliphatic carboxylic acids is 4. The Hall–Kier alpha value is -4.68. The fourth-order valence-corrected chi connectivity index (χ4v) is 6.75. The van der Waals surface area contributed by atoms with Crippen LogP contribution in [0.15, 0.2) is 93.9 Å². The predicted octanol–water partition coefficient (Wildman–Crippen LogP) is 5.53. The minimum atomic E-state index is -1.16. The van der Waals surface area contributed by atoms with E-state index in [1.54, 1.807) is 24.3 Å². The van der Waals surface area contributed by atoms with Crippen molar-refractivity contribution in [2.24, 2.45) is 0 Å². The molecule has 5 rings (SSSR count). The van der Waals surface area contributed by atoms with Crippen LogP contribution in [-0.4, -0.2) is 70.5 Å². The van der Waals surface area contributed by atoms with Gasteiger partial charge in [0.25, 0.3) is 0 Å². The standard InChI is InChI=1S/C33H26Br2N2O8/c34-21-5-11-25-26-12-6-22(35)14-28(26)33(27(25)13-21,19-1-7-23(8-2-19)36(15-29(38)39)16-30(40)41)20-3-9-24(10-4-20)37(17-31(42)43)18-32(44)45/h1-14H,15-18H2,(H,38,39)(H,40,41)(H,42,43)(H,44,45). The summed E-state index contributed by atoms with van der Waals surface area (Å²) < 4.78 is 1.68. The molecule has 230 valence electrons. The van der Waals surface area contributed by atoms with Gasteiger partial charge in [0.05, 0.1) is 5.41 Å². The summed E-state index contributed by atoms with van der Waals surface area (Å²) in [5, 5.41) is 37.6. The molecule has 45 heavy (non-hydrogen) atoms. The summed E-state index contributed by atoms with van der Waals surface area (Å²) in [5.41, 5.74) is 5.45. The number of carboxylic acid groups (broad SMARTS) is 4. The Balaban J connectivity index is 1.74. The second-order valence-electron chi connectivity index (χ2n) is 10.5. The van der Waals surface area contributed by atoms with Gasteiger partial charge in [-0.05, 0) is 81.9 Å². The topological polar surface area (TPSA) is 156 Å². The van der Waals surface area contributed by atoms with E-state index in [4.69, 9.17) is 0 Å². The van der Waals surface area contributed by atoms with Crippen LogP contribution in [0, 0.1) is 0 Å². The average molecular weight is 738 g/mol. The molecule has 0 unspecified atom stereocenters. The molecule has 0 saturated carbocycles. The Morgan fingerprint density at radius 2 is 0.822 bits per heavy atom. The maximum atomic E-state index is 11.5. The Kier molecular flexibility index (Phi) is 8.98. The molecule has 1 aliphatic carbocycles. The third-order valence-electron chi connectivity index (χ3n) is 7.70. The molecule has 4 N–H and O–H groups in total. The molecule has 4 aromatic carbocycles. The van der Waals surface area contributed by atoms with Crippen LogP contribution in [0.25, 0.3) is 11.1 Å². The Bertz CT molecular complexity index is 1640. The van der Waals surface area contributed by atoms with Crippen molar-refractivity contribution in [1.29, 1.82) is 0 Å². The van der Waals surface area contributed by atoms with Gasteiger partial charge in [0, 0.05) is 20.3 Å². The molecule has 0 aromatic heterocycles. The Morgan fingerprint density at radius 1 is 0.511 bits per heavy atom. The van der Waals surface area contributed by atoms with Crippen LogP contribution in [0.4, 0.5) is 11.4 Å². The van der Waals surface area contributed by atoms with E-state index in [0.717, 1.165) is 42.3 Å². The van der Waals surface area contributed by atoms with Crippen molar-refractivity contribution >= 4 is 67.1 Å². The molecule has 0 atom stereocenters. The summed E-state index contributed by atoms with van der Waals surface area (Å²) in [6.45, 7) is -1.97. The van der Waals surface area contributed by atoms with Crippen LogP contribution < -0.4 is 9.80 Å². The maximum Gasteiger partial charge on any atom is 0.323 e. The molecular weight excluding hydrogens is 712 g/mol. The zero-order valence-electron chi connectivity index (χ0n) is 23.5. The maximum absolute atomic E-state index is 11.5. The van der Waals surface area contributed by atoms with Gasteiger partial charge < -0.3 is 30.2 Å². The molecule has 0 aliphatic heterocycles. The molecular formula is C33H26Br2N2O8. The van der Waals surface area contributed by atoms with Gasteiger partial charge >= 0.3 is 23.9 Å². The first kappa shape index (κ1) is 31.7. The fraction of sp³-hybridized carbons (Fsp3) is 0.152. The van der Waals surface area contributed by atoms with Gasteiger partial charge in [0.1, 0.15) is 26.2 Å². The smallest absolute Gasteiger partial charge is 0.323 e. The van der Waals surface area contributed by atoms with Crippen LogP contribution in [0.5, 0.6) is 0 Å². The van der Waals surface area contributed by atoms with E-state index in [9.17, 15) is 39.6 Å². The van der Waals surface area contributed by atoms with Gasteiger partial charge in [0.2, 0.25) is 0 Å². The first-order valence-corrected chi connectivity index (χ1v) is 15.2. The first-order valence-electron chi connectivity index (χ1n) is 13.6. The van der Waals surface area contributed by atoms with Gasteiger partial charge in [-0.2, -0.15) is 0 Å². The molecule has 12 heteroatoms. The SMILES string of the molecule is O=C(O)CN(CC(=O)O)c1ccc(C2(c3ccc(N(CC(=O)O)CC(=O)O)cc3)c3cc(Br)ccc3-c3ccc(Br)cc32)cc1. The fourth-order valence-electron chi connectivity index (χ4n) is 6.03. The summed E-state index contributed by atoms with van der Waals surface area (Å²) in [5.74, 6) is -4.65. The molecule has 0 spiro atoms. The lowest BCUT2D eigenvalue weighted by atomic mass is 9.67. The van der Waals surface area contributed by atoms with Crippen molar-refractivity contribution in [3.63, 3.8) is 0 Å². The van der Waals surface area contributed by atoms with Crippen molar-refractivity contribution in [3.8, 4) is 11.1 Å². The van der Waals surface area contributed by atoms with E-state index >= 15 is 0 Å². The number of halogens is 2. The molecule has 0 heterocycles. The summed E-state index contributed by atoms with van der Waals surface area (Å²) >= 11 is 7.26. The summed E-state index contributed by atoms with van der Waals surface area (Å²) in [7, 11) is 0. The van der Waals surface area contributed by atoms with E-state index in [1.807, 2.05) is 60.7 Å². The number of anilines is 2. The minimum Gasteiger partial charge on any atom is -0.480 e. The largest absolute Gasteiger partial charge is 0.480 e. The van der Waals surface area contributed by atoms with Crippen LogP contribution in [0.1, 0.15) is 22.3 Å². The number of hydrogen-bond acceptors (Lipinski definition) is 6. The van der Waals surface area contributed by atoms with Gasteiger partial charge in [0.15, 0.2) is 0 Å². The van der Waals surface area contributed by atoms with E-state index in [0.29, 0.717) is 11.4 Å². The first-order chi connectivity index (χ1) is 21.4. The lowest BCUT2D eigenvalue weighted by molar-refractivity contribution is -0.138. The molecule has 0 fully saturated rings. The zero-order valence-corrected chi connectivity index (χ0v) is 26.7. The van der Waals surface area contributed by atoms with E-state index < -0.39 is 55.5 Å². The van der Waals surface area contributed by atoms with Gasteiger partial charge in [-0.3, -0.25) is 19.2 Å². The second-order valence-corrected chi connectivity index (χ2v) is 12.3. The Labute approximate surface area is 274 Å². The van der Waals surface area contributed by atoms with Gasteiger partial charge in [-0.1, -0.05) is 68.3 Å². The summed E-state index contributed by atoms with van der Waals surface area (Å²) in [6.07, 6.45) is 0. The van der Waals surface area contributed by atoms with Crippen LogP contribution in [0.3, 0.4) is 0 Å². The van der Waals surface area contributed by atoms with E-state index in [1.165, 1.54) is 9.80 Å². The van der Waals surface area contributed by atoms with Crippen molar-refractivity contribution in [3.05, 3.63) is 116 Å². The van der Waals surface area contributed by atoms with Crippen LogP contribution >= 0.6 is 31.9 Å². The molecule has 10 nitrogen and oxygen atoms in total. The van der Waals surface area contributed by atoms with Crippen molar-refractivity contribution < 1.29 is 39.6 Å². The number of fused-ring (bicyclic) bond motifs is 3.